The zero-order chi connectivity index (χ0) is 10.6. The minimum Gasteiger partial charge on any atom is -0.467 e. The van der Waals surface area contributed by atoms with Crippen molar-refractivity contribution in [3.05, 3.63) is 0 Å². The number of hydrogen-bond acceptors (Lipinski definition) is 3. The van der Waals surface area contributed by atoms with Crippen molar-refractivity contribution in [1.82, 2.24) is 4.90 Å². The highest BCUT2D eigenvalue weighted by molar-refractivity contribution is 5.87. The SMILES string of the molecule is CCC(=O)N(C)C(C)(C)C(=O)OC. The maximum atomic E-state index is 11.3. The molecule has 4 nitrogen and oxygen atoms in total. The molecule has 0 atom stereocenters. The van der Waals surface area contributed by atoms with E-state index < -0.39 is 11.5 Å². The van der Waals surface area contributed by atoms with Crippen LogP contribution in [0.1, 0.15) is 27.2 Å². The Morgan fingerprint density at radius 2 is 1.85 bits per heavy atom. The summed E-state index contributed by atoms with van der Waals surface area (Å²) in [5.74, 6) is -0.479. The predicted molar refractivity (Wildman–Crippen MR) is 49.2 cm³/mol. The van der Waals surface area contributed by atoms with Crippen molar-refractivity contribution in [3.63, 3.8) is 0 Å². The van der Waals surface area contributed by atoms with Crippen LogP contribution < -0.4 is 0 Å². The Bertz CT molecular complexity index is 211. The molecule has 13 heavy (non-hydrogen) atoms. The van der Waals surface area contributed by atoms with Crippen molar-refractivity contribution in [2.75, 3.05) is 14.2 Å². The average molecular weight is 187 g/mol. The molecule has 0 saturated heterocycles. The number of rotatable bonds is 3. The van der Waals surface area contributed by atoms with Gasteiger partial charge in [-0.3, -0.25) is 4.79 Å². The third-order valence-electron chi connectivity index (χ3n) is 2.20. The summed E-state index contributed by atoms with van der Waals surface area (Å²) in [5, 5.41) is 0. The minimum absolute atomic E-state index is 0.0737. The molecule has 0 bridgehead atoms. The molecule has 76 valence electrons. The summed E-state index contributed by atoms with van der Waals surface area (Å²) >= 11 is 0. The van der Waals surface area contributed by atoms with Gasteiger partial charge in [0.05, 0.1) is 7.11 Å². The van der Waals surface area contributed by atoms with Gasteiger partial charge in [0.15, 0.2) is 0 Å². The quantitative estimate of drug-likeness (QED) is 0.614. The van der Waals surface area contributed by atoms with E-state index in [1.807, 2.05) is 0 Å². The maximum absolute atomic E-state index is 11.3. The summed E-state index contributed by atoms with van der Waals surface area (Å²) in [4.78, 5) is 24.0. The third kappa shape index (κ3) is 2.44. The topological polar surface area (TPSA) is 46.6 Å². The van der Waals surface area contributed by atoms with Gasteiger partial charge < -0.3 is 9.64 Å². The Morgan fingerprint density at radius 3 is 2.15 bits per heavy atom. The normalized spacial score (nSPS) is 10.8. The van der Waals surface area contributed by atoms with Gasteiger partial charge in [-0.2, -0.15) is 0 Å². The zero-order valence-corrected chi connectivity index (χ0v) is 8.88. The van der Waals surface area contributed by atoms with Gasteiger partial charge in [0.25, 0.3) is 0 Å². The first kappa shape index (κ1) is 11.9. The summed E-state index contributed by atoms with van der Waals surface area (Å²) in [7, 11) is 2.91. The van der Waals surface area contributed by atoms with E-state index in [1.165, 1.54) is 12.0 Å². The molecule has 0 spiro atoms. The largest absolute Gasteiger partial charge is 0.467 e. The molecule has 0 aliphatic carbocycles. The fourth-order valence-corrected chi connectivity index (χ4v) is 0.936. The van der Waals surface area contributed by atoms with Gasteiger partial charge >= 0.3 is 5.97 Å². The fourth-order valence-electron chi connectivity index (χ4n) is 0.936. The van der Waals surface area contributed by atoms with Gasteiger partial charge in [-0.25, -0.2) is 4.79 Å². The lowest BCUT2D eigenvalue weighted by Gasteiger charge is -2.32. The van der Waals surface area contributed by atoms with Crippen LogP contribution in [0.2, 0.25) is 0 Å². The molecule has 0 aromatic rings. The van der Waals surface area contributed by atoms with E-state index in [9.17, 15) is 9.59 Å². The molecule has 0 N–H and O–H groups in total. The minimum atomic E-state index is -0.887. The lowest BCUT2D eigenvalue weighted by Crippen LogP contribution is -2.51. The number of hydrogen-bond donors (Lipinski definition) is 0. The number of amides is 1. The highest BCUT2D eigenvalue weighted by Gasteiger charge is 2.35. The first-order chi connectivity index (χ1) is 5.87. The van der Waals surface area contributed by atoms with E-state index in [0.29, 0.717) is 6.42 Å². The Morgan fingerprint density at radius 1 is 1.38 bits per heavy atom. The standard InChI is InChI=1S/C9H17NO3/c1-6-7(11)10(4)9(2,3)8(12)13-5/h6H2,1-5H3. The van der Waals surface area contributed by atoms with Crippen LogP contribution in [0.5, 0.6) is 0 Å². The second kappa shape index (κ2) is 4.25. The summed E-state index contributed by atoms with van der Waals surface area (Å²) in [6.07, 6.45) is 0.386. The average Bonchev–Trinajstić information content (AvgIpc) is 2.13. The van der Waals surface area contributed by atoms with Crippen molar-refractivity contribution in [3.8, 4) is 0 Å². The Balaban J connectivity index is 4.62. The van der Waals surface area contributed by atoms with Gasteiger partial charge in [-0.1, -0.05) is 6.92 Å². The second-order valence-corrected chi connectivity index (χ2v) is 3.36. The molecule has 0 aliphatic rings. The number of methoxy groups -OCH3 is 1. The van der Waals surface area contributed by atoms with Crippen molar-refractivity contribution in [1.29, 1.82) is 0 Å². The molecule has 0 heterocycles. The number of esters is 1. The van der Waals surface area contributed by atoms with Gasteiger partial charge in [-0.15, -0.1) is 0 Å². The first-order valence-electron chi connectivity index (χ1n) is 4.23. The number of likely N-dealkylation sites (N-methyl/N-ethyl adjacent to an activating group) is 1. The van der Waals surface area contributed by atoms with Crippen molar-refractivity contribution >= 4 is 11.9 Å². The van der Waals surface area contributed by atoms with Crippen LogP contribution in [-0.2, 0) is 14.3 Å². The number of nitrogens with zero attached hydrogens (tertiary/aromatic N) is 1. The summed E-state index contributed by atoms with van der Waals surface area (Å²) in [6, 6.07) is 0. The Kier molecular flexibility index (Phi) is 3.91. The molecule has 0 fully saturated rings. The molecular formula is C9H17NO3. The van der Waals surface area contributed by atoms with Gasteiger partial charge in [0.2, 0.25) is 5.91 Å². The molecule has 1 amide bonds. The smallest absolute Gasteiger partial charge is 0.331 e. The number of carbonyl (C=O) groups is 2. The molecule has 0 unspecified atom stereocenters. The predicted octanol–water partition coefficient (Wildman–Crippen LogP) is 0.806. The number of ether oxygens (including phenoxy) is 1. The third-order valence-corrected chi connectivity index (χ3v) is 2.20. The Hall–Kier alpha value is -1.06. The van der Waals surface area contributed by atoms with Crippen molar-refractivity contribution in [2.45, 2.75) is 32.7 Å². The summed E-state index contributed by atoms with van der Waals surface area (Å²) < 4.78 is 4.60. The van der Waals surface area contributed by atoms with Gasteiger partial charge in [0, 0.05) is 13.5 Å². The van der Waals surface area contributed by atoms with Crippen LogP contribution in [0, 0.1) is 0 Å². The molecule has 0 saturated carbocycles. The molecule has 0 rings (SSSR count). The van der Waals surface area contributed by atoms with Crippen LogP contribution in [0.4, 0.5) is 0 Å². The van der Waals surface area contributed by atoms with Crippen LogP contribution >= 0.6 is 0 Å². The van der Waals surface area contributed by atoms with E-state index in [0.717, 1.165) is 0 Å². The Labute approximate surface area is 78.9 Å². The van der Waals surface area contributed by atoms with Gasteiger partial charge in [-0.05, 0) is 13.8 Å². The van der Waals surface area contributed by atoms with Crippen LogP contribution in [-0.4, -0.2) is 36.5 Å². The molecule has 0 aromatic carbocycles. The molecule has 4 heteroatoms. The lowest BCUT2D eigenvalue weighted by molar-refractivity contribution is -0.158. The van der Waals surface area contributed by atoms with Crippen LogP contribution in [0.15, 0.2) is 0 Å². The zero-order valence-electron chi connectivity index (χ0n) is 8.88. The van der Waals surface area contributed by atoms with Crippen LogP contribution in [0.3, 0.4) is 0 Å². The molecule has 0 aromatic heterocycles. The van der Waals surface area contributed by atoms with E-state index in [2.05, 4.69) is 4.74 Å². The lowest BCUT2D eigenvalue weighted by atomic mass is 10.0. The first-order valence-corrected chi connectivity index (χ1v) is 4.23. The maximum Gasteiger partial charge on any atom is 0.331 e. The van der Waals surface area contributed by atoms with E-state index in [4.69, 9.17) is 0 Å². The summed E-state index contributed by atoms with van der Waals surface area (Å²) in [5.41, 5.74) is -0.887. The monoisotopic (exact) mass is 187 g/mol. The van der Waals surface area contributed by atoms with Crippen LogP contribution in [0.25, 0.3) is 0 Å². The fraction of sp³-hybridized carbons (Fsp3) is 0.778. The number of carbonyl (C=O) groups excluding carboxylic acids is 2. The van der Waals surface area contributed by atoms with Crippen molar-refractivity contribution < 1.29 is 14.3 Å². The van der Waals surface area contributed by atoms with E-state index >= 15 is 0 Å². The van der Waals surface area contributed by atoms with E-state index in [1.54, 1.807) is 27.8 Å². The van der Waals surface area contributed by atoms with E-state index in [-0.39, 0.29) is 5.91 Å². The molecule has 0 aliphatic heterocycles. The molecule has 0 radical (unpaired) electrons. The highest BCUT2D eigenvalue weighted by Crippen LogP contribution is 2.14. The molecular weight excluding hydrogens is 170 g/mol. The second-order valence-electron chi connectivity index (χ2n) is 3.36. The highest BCUT2D eigenvalue weighted by atomic mass is 16.5. The summed E-state index contributed by atoms with van der Waals surface area (Å²) in [6.45, 7) is 5.07. The van der Waals surface area contributed by atoms with Crippen molar-refractivity contribution in [2.24, 2.45) is 0 Å². The van der Waals surface area contributed by atoms with Gasteiger partial charge in [0.1, 0.15) is 5.54 Å².